The van der Waals surface area contributed by atoms with Gasteiger partial charge in [0, 0.05) is 0 Å². The van der Waals surface area contributed by atoms with Crippen LogP contribution >= 0.6 is 7.82 Å². The predicted molar refractivity (Wildman–Crippen MR) is 87.8 cm³/mol. The highest BCUT2D eigenvalue weighted by atomic mass is 31.2. The van der Waals surface area contributed by atoms with Crippen LogP contribution in [-0.2, 0) is 32.3 Å². The van der Waals surface area contributed by atoms with Crippen LogP contribution in [0.15, 0.2) is 36.5 Å². The van der Waals surface area contributed by atoms with Gasteiger partial charge in [0.25, 0.3) is 0 Å². The number of hydrogen-bond acceptors (Lipinski definition) is 7. The summed E-state index contributed by atoms with van der Waals surface area (Å²) in [5, 5.41) is 0. The second-order valence-electron chi connectivity index (χ2n) is 5.10. The van der Waals surface area contributed by atoms with E-state index in [2.05, 4.69) is 19.7 Å². The lowest BCUT2D eigenvalue weighted by Gasteiger charge is -2.18. The van der Waals surface area contributed by atoms with Crippen LogP contribution in [-0.4, -0.2) is 40.2 Å². The molecule has 0 spiro atoms. The van der Waals surface area contributed by atoms with Crippen molar-refractivity contribution in [3.63, 3.8) is 0 Å². The molecule has 0 aromatic carbocycles. The topological polar surface area (TPSA) is 72.5 Å². The predicted octanol–water partition coefficient (Wildman–Crippen LogP) is 3.79. The second-order valence-corrected chi connectivity index (χ2v) is 6.77. The Morgan fingerprint density at radius 3 is 1.17 bits per heavy atom. The normalized spacial score (nSPS) is 11.4. The van der Waals surface area contributed by atoms with Crippen LogP contribution in [0, 0.1) is 0 Å². The first-order chi connectivity index (χ1) is 10.7. The molecule has 0 aliphatic heterocycles. The summed E-state index contributed by atoms with van der Waals surface area (Å²) < 4.78 is 42.8. The summed E-state index contributed by atoms with van der Waals surface area (Å²) in [6, 6.07) is 0. The van der Waals surface area contributed by atoms with Gasteiger partial charge in [-0.2, -0.15) is 0 Å². The van der Waals surface area contributed by atoms with Gasteiger partial charge in [-0.15, -0.1) is 0 Å². The van der Waals surface area contributed by atoms with E-state index in [0.717, 1.165) is 16.7 Å². The van der Waals surface area contributed by atoms with Crippen molar-refractivity contribution in [2.24, 2.45) is 0 Å². The van der Waals surface area contributed by atoms with Crippen LogP contribution < -0.4 is 0 Å². The van der Waals surface area contributed by atoms with Gasteiger partial charge in [-0.05, 0) is 20.8 Å². The van der Waals surface area contributed by atoms with Crippen LogP contribution in [0.2, 0.25) is 0 Å². The highest BCUT2D eigenvalue weighted by molar-refractivity contribution is 7.48. The third-order valence-electron chi connectivity index (χ3n) is 1.93. The number of hydrogen-bond donors (Lipinski definition) is 0. The summed E-state index contributed by atoms with van der Waals surface area (Å²) in [7, 11) is -3.86. The molecule has 8 heteroatoms. The molecule has 23 heavy (non-hydrogen) atoms. The Kier molecular flexibility index (Phi) is 12.2. The average molecular weight is 350 g/mol. The Hall–Kier alpha value is -0.790. The molecule has 0 radical (unpaired) electrons. The maximum absolute atomic E-state index is 12.4. The zero-order chi connectivity index (χ0) is 17.7. The maximum Gasteiger partial charge on any atom is 0.481 e. The van der Waals surface area contributed by atoms with E-state index >= 15 is 0 Å². The Labute approximate surface area is 138 Å². The zero-order valence-electron chi connectivity index (χ0n) is 14.2. The van der Waals surface area contributed by atoms with Crippen LogP contribution in [0.25, 0.3) is 0 Å². The second kappa shape index (κ2) is 12.6. The fourth-order valence-corrected chi connectivity index (χ4v) is 1.90. The van der Waals surface area contributed by atoms with Crippen molar-refractivity contribution in [3.8, 4) is 0 Å². The average Bonchev–Trinajstić information content (AvgIpc) is 2.44. The third kappa shape index (κ3) is 14.5. The summed E-state index contributed by atoms with van der Waals surface area (Å²) in [5.74, 6) is 0. The molecule has 0 N–H and O–H groups in total. The molecule has 0 aliphatic carbocycles. The largest absolute Gasteiger partial charge is 0.481 e. The van der Waals surface area contributed by atoms with Gasteiger partial charge in [0.2, 0.25) is 0 Å². The van der Waals surface area contributed by atoms with Gasteiger partial charge >= 0.3 is 7.82 Å². The fraction of sp³-hybridized carbons (Fsp3) is 0.600. The van der Waals surface area contributed by atoms with Crippen molar-refractivity contribution in [2.75, 3.05) is 40.2 Å². The minimum atomic E-state index is -3.86. The van der Waals surface area contributed by atoms with E-state index in [1.165, 1.54) is 0 Å². The van der Waals surface area contributed by atoms with Crippen LogP contribution in [0.4, 0.5) is 0 Å². The highest BCUT2D eigenvalue weighted by Gasteiger charge is 2.27. The molecule has 0 amide bonds. The lowest BCUT2D eigenvalue weighted by atomic mass is 10.4. The number of ether oxygens (including phenoxy) is 3. The van der Waals surface area contributed by atoms with E-state index in [4.69, 9.17) is 27.8 Å². The van der Waals surface area contributed by atoms with Crippen molar-refractivity contribution >= 4 is 7.82 Å². The number of rotatable bonds is 15. The summed E-state index contributed by atoms with van der Waals surface area (Å²) in [5.41, 5.74) is 2.42. The molecule has 0 saturated carbocycles. The van der Waals surface area contributed by atoms with Crippen molar-refractivity contribution in [3.05, 3.63) is 36.5 Å². The molecular formula is C15H27O7P. The van der Waals surface area contributed by atoms with Crippen molar-refractivity contribution < 1.29 is 32.3 Å². The fourth-order valence-electron chi connectivity index (χ4n) is 1.06. The lowest BCUT2D eigenvalue weighted by molar-refractivity contribution is -0.0631. The first-order valence-electron chi connectivity index (χ1n) is 6.95. The Bertz CT molecular complexity index is 372. The first-order valence-corrected chi connectivity index (χ1v) is 8.41. The minimum absolute atomic E-state index is 0.273. The van der Waals surface area contributed by atoms with Gasteiger partial charge in [0.15, 0.2) is 20.4 Å². The van der Waals surface area contributed by atoms with E-state index in [-0.39, 0.29) is 40.2 Å². The maximum atomic E-state index is 12.4. The molecule has 0 bridgehead atoms. The van der Waals surface area contributed by atoms with Crippen LogP contribution in [0.1, 0.15) is 20.8 Å². The van der Waals surface area contributed by atoms with Crippen LogP contribution in [0.5, 0.6) is 0 Å². The molecule has 0 fully saturated rings. The molecule has 0 aromatic heterocycles. The van der Waals surface area contributed by atoms with E-state index in [1.807, 2.05) is 0 Å². The summed E-state index contributed by atoms with van der Waals surface area (Å²) in [4.78, 5) is 0. The van der Waals surface area contributed by atoms with Crippen molar-refractivity contribution in [1.82, 2.24) is 0 Å². The number of phosphoric acid groups is 1. The lowest BCUT2D eigenvalue weighted by Crippen LogP contribution is -2.10. The molecule has 0 heterocycles. The van der Waals surface area contributed by atoms with Gasteiger partial charge < -0.3 is 14.2 Å². The molecule has 0 aliphatic rings. The van der Waals surface area contributed by atoms with Gasteiger partial charge in [0.05, 0.1) is 19.8 Å². The van der Waals surface area contributed by atoms with Gasteiger partial charge in [-0.25, -0.2) is 4.57 Å². The Morgan fingerprint density at radius 1 is 0.696 bits per heavy atom. The zero-order valence-corrected chi connectivity index (χ0v) is 15.1. The Balaban J connectivity index is 4.26. The van der Waals surface area contributed by atoms with Crippen LogP contribution in [0.3, 0.4) is 0 Å². The van der Waals surface area contributed by atoms with Crippen molar-refractivity contribution in [2.45, 2.75) is 20.8 Å². The van der Waals surface area contributed by atoms with Crippen molar-refractivity contribution in [1.29, 1.82) is 0 Å². The molecular weight excluding hydrogens is 323 g/mol. The molecule has 0 unspecified atom stereocenters. The molecule has 0 atom stereocenters. The summed E-state index contributed by atoms with van der Waals surface area (Å²) in [6.45, 7) is 16.4. The first kappa shape index (κ1) is 22.2. The smallest absolute Gasteiger partial charge is 0.351 e. The van der Waals surface area contributed by atoms with E-state index < -0.39 is 7.82 Å². The summed E-state index contributed by atoms with van der Waals surface area (Å²) >= 11 is 0. The molecule has 0 aromatic rings. The minimum Gasteiger partial charge on any atom is -0.351 e. The Morgan fingerprint density at radius 2 is 0.957 bits per heavy atom. The SMILES string of the molecule is C=C(C)COCOP(=O)(OCOCC(=C)C)OCOCC(=C)C. The van der Waals surface area contributed by atoms with E-state index in [0.29, 0.717) is 0 Å². The quantitative estimate of drug-likeness (QED) is 0.192. The third-order valence-corrected chi connectivity index (χ3v) is 3.19. The molecule has 0 rings (SSSR count). The molecule has 7 nitrogen and oxygen atoms in total. The van der Waals surface area contributed by atoms with E-state index in [9.17, 15) is 4.57 Å². The van der Waals surface area contributed by atoms with Gasteiger partial charge in [-0.3, -0.25) is 13.6 Å². The van der Waals surface area contributed by atoms with Gasteiger partial charge in [-0.1, -0.05) is 36.5 Å². The molecule has 134 valence electrons. The molecule has 0 saturated heterocycles. The standard InChI is InChI=1S/C15H27O7P/c1-13(2)7-17-10-20-23(16,21-11-18-8-14(3)4)22-12-19-9-15(5)6/h1,3,5,7-12H2,2,4,6H3. The monoisotopic (exact) mass is 350 g/mol. The van der Waals surface area contributed by atoms with Gasteiger partial charge in [0.1, 0.15) is 0 Å². The highest BCUT2D eigenvalue weighted by Crippen LogP contribution is 2.49. The summed E-state index contributed by atoms with van der Waals surface area (Å²) in [6.07, 6.45) is 0. The number of phosphoric ester groups is 1. The van der Waals surface area contributed by atoms with E-state index in [1.54, 1.807) is 20.8 Å².